The molecule has 3 rings (SSSR count). The molecule has 1 unspecified atom stereocenters. The maximum Gasteiger partial charge on any atom is 0.317 e. The zero-order valence-corrected chi connectivity index (χ0v) is 15.2. The molecule has 1 aromatic heterocycles. The fraction of sp³-hybridized carbons (Fsp3) is 0.471. The molecule has 0 bridgehead atoms. The van der Waals surface area contributed by atoms with Gasteiger partial charge in [-0.05, 0) is 44.8 Å². The lowest BCUT2D eigenvalue weighted by molar-refractivity contribution is 0.203. The van der Waals surface area contributed by atoms with Crippen LogP contribution in [0.2, 0.25) is 5.02 Å². The van der Waals surface area contributed by atoms with E-state index >= 15 is 0 Å². The molecule has 134 valence electrons. The van der Waals surface area contributed by atoms with Gasteiger partial charge in [0.2, 0.25) is 11.7 Å². The number of urea groups is 1. The predicted molar refractivity (Wildman–Crippen MR) is 95.5 cm³/mol. The molecule has 0 spiro atoms. The van der Waals surface area contributed by atoms with Crippen LogP contribution in [0, 0.1) is 0 Å². The second kappa shape index (κ2) is 7.84. The van der Waals surface area contributed by atoms with Crippen LogP contribution >= 0.6 is 11.6 Å². The summed E-state index contributed by atoms with van der Waals surface area (Å²) < 4.78 is 5.24. The van der Waals surface area contributed by atoms with Gasteiger partial charge in [-0.3, -0.25) is 0 Å². The number of nitrogens with one attached hydrogen (secondary N) is 1. The Morgan fingerprint density at radius 2 is 2.16 bits per heavy atom. The van der Waals surface area contributed by atoms with Gasteiger partial charge in [0.05, 0.1) is 0 Å². The van der Waals surface area contributed by atoms with Crippen molar-refractivity contribution in [2.45, 2.75) is 18.9 Å². The number of carbonyl (C=O) groups is 1. The van der Waals surface area contributed by atoms with Gasteiger partial charge in [-0.25, -0.2) is 4.79 Å². The van der Waals surface area contributed by atoms with Gasteiger partial charge in [0, 0.05) is 42.7 Å². The quantitative estimate of drug-likeness (QED) is 0.882. The fourth-order valence-electron chi connectivity index (χ4n) is 2.81. The second-order valence-corrected chi connectivity index (χ2v) is 6.79. The number of likely N-dealkylation sites (N-methyl/N-ethyl adjacent to an activating group) is 1. The molecular formula is C17H22ClN5O2. The summed E-state index contributed by atoms with van der Waals surface area (Å²) in [4.78, 5) is 20.5. The van der Waals surface area contributed by atoms with Crippen molar-refractivity contribution in [1.82, 2.24) is 25.3 Å². The first-order valence-electron chi connectivity index (χ1n) is 8.30. The summed E-state index contributed by atoms with van der Waals surface area (Å²) in [5.41, 5.74) is 0.843. The highest BCUT2D eigenvalue weighted by molar-refractivity contribution is 6.30. The zero-order chi connectivity index (χ0) is 17.8. The summed E-state index contributed by atoms with van der Waals surface area (Å²) >= 11 is 5.87. The van der Waals surface area contributed by atoms with Crippen molar-refractivity contribution >= 4 is 17.6 Å². The molecule has 2 aromatic rings. The minimum Gasteiger partial charge on any atom is -0.339 e. The number of nitrogens with zero attached hydrogens (tertiary/aromatic N) is 4. The highest BCUT2D eigenvalue weighted by Gasteiger charge is 2.27. The summed E-state index contributed by atoms with van der Waals surface area (Å²) in [5, 5.41) is 7.54. The third-order valence-corrected chi connectivity index (χ3v) is 4.62. The van der Waals surface area contributed by atoms with E-state index in [0.29, 0.717) is 35.7 Å². The minimum atomic E-state index is -0.0400. The van der Waals surface area contributed by atoms with Crippen molar-refractivity contribution in [3.05, 3.63) is 35.2 Å². The lowest BCUT2D eigenvalue weighted by Crippen LogP contribution is -2.41. The molecule has 1 atom stereocenters. The van der Waals surface area contributed by atoms with Gasteiger partial charge in [-0.2, -0.15) is 4.98 Å². The molecular weight excluding hydrogens is 342 g/mol. The van der Waals surface area contributed by atoms with Crippen molar-refractivity contribution in [3.8, 4) is 11.4 Å². The molecule has 2 heterocycles. The van der Waals surface area contributed by atoms with Gasteiger partial charge in [0.1, 0.15) is 0 Å². The number of likely N-dealkylation sites (tertiary alicyclic amines) is 1. The van der Waals surface area contributed by atoms with Crippen LogP contribution in [0.4, 0.5) is 4.79 Å². The van der Waals surface area contributed by atoms with Crippen molar-refractivity contribution in [2.24, 2.45) is 0 Å². The molecule has 0 aliphatic carbocycles. The maximum absolute atomic E-state index is 12.2. The number of benzene rings is 1. The number of hydrogen-bond acceptors (Lipinski definition) is 5. The lowest BCUT2D eigenvalue weighted by atomic mass is 10.2. The monoisotopic (exact) mass is 363 g/mol. The number of halogens is 1. The first-order chi connectivity index (χ1) is 12.0. The van der Waals surface area contributed by atoms with E-state index < -0.39 is 0 Å². The molecule has 8 heteroatoms. The Hall–Kier alpha value is -2.12. The van der Waals surface area contributed by atoms with E-state index in [1.165, 1.54) is 0 Å². The van der Waals surface area contributed by atoms with Crippen LogP contribution in [-0.4, -0.2) is 65.7 Å². The number of rotatable bonds is 5. The van der Waals surface area contributed by atoms with Crippen LogP contribution < -0.4 is 5.32 Å². The Morgan fingerprint density at radius 3 is 2.84 bits per heavy atom. The number of carbonyl (C=O) groups excluding carboxylic acids is 1. The van der Waals surface area contributed by atoms with E-state index in [1.54, 1.807) is 12.1 Å². The number of hydrogen-bond donors (Lipinski definition) is 1. The van der Waals surface area contributed by atoms with E-state index in [4.69, 9.17) is 16.1 Å². The molecule has 0 radical (unpaired) electrons. The van der Waals surface area contributed by atoms with Gasteiger partial charge >= 0.3 is 6.03 Å². The van der Waals surface area contributed by atoms with Crippen LogP contribution in [0.1, 0.15) is 12.3 Å². The molecule has 1 aromatic carbocycles. The highest BCUT2D eigenvalue weighted by atomic mass is 35.5. The van der Waals surface area contributed by atoms with E-state index in [-0.39, 0.29) is 6.03 Å². The van der Waals surface area contributed by atoms with E-state index in [2.05, 4.69) is 20.4 Å². The van der Waals surface area contributed by atoms with Crippen molar-refractivity contribution in [3.63, 3.8) is 0 Å². The number of aromatic nitrogens is 2. The molecule has 1 aliphatic heterocycles. The summed E-state index contributed by atoms with van der Waals surface area (Å²) in [6.45, 7) is 2.01. The smallest absolute Gasteiger partial charge is 0.317 e. The third kappa shape index (κ3) is 4.49. The zero-order valence-electron chi connectivity index (χ0n) is 14.4. The first kappa shape index (κ1) is 17.7. The summed E-state index contributed by atoms with van der Waals surface area (Å²) in [7, 11) is 4.08. The average molecular weight is 364 g/mol. The Morgan fingerprint density at radius 1 is 1.40 bits per heavy atom. The van der Waals surface area contributed by atoms with E-state index in [1.807, 2.05) is 31.1 Å². The average Bonchev–Trinajstić information content (AvgIpc) is 3.25. The minimum absolute atomic E-state index is 0.0400. The first-order valence-corrected chi connectivity index (χ1v) is 8.68. The summed E-state index contributed by atoms with van der Waals surface area (Å²) in [6.07, 6.45) is 1.51. The van der Waals surface area contributed by atoms with Crippen LogP contribution in [0.25, 0.3) is 11.4 Å². The van der Waals surface area contributed by atoms with Gasteiger partial charge in [0.25, 0.3) is 0 Å². The highest BCUT2D eigenvalue weighted by Crippen LogP contribution is 2.18. The van der Waals surface area contributed by atoms with E-state index in [0.717, 1.165) is 25.1 Å². The van der Waals surface area contributed by atoms with Gasteiger partial charge in [0.15, 0.2) is 0 Å². The van der Waals surface area contributed by atoms with Crippen molar-refractivity contribution in [2.75, 3.05) is 33.7 Å². The molecule has 0 saturated carbocycles. The van der Waals surface area contributed by atoms with Gasteiger partial charge < -0.3 is 19.6 Å². The van der Waals surface area contributed by atoms with Crippen LogP contribution in [-0.2, 0) is 6.42 Å². The van der Waals surface area contributed by atoms with Gasteiger partial charge in [-0.1, -0.05) is 16.8 Å². The van der Waals surface area contributed by atoms with Crippen LogP contribution in [0.3, 0.4) is 0 Å². The number of amides is 2. The Labute approximate surface area is 151 Å². The normalized spacial score (nSPS) is 17.3. The van der Waals surface area contributed by atoms with Crippen molar-refractivity contribution in [1.29, 1.82) is 0 Å². The fourth-order valence-corrected chi connectivity index (χ4v) is 2.93. The second-order valence-electron chi connectivity index (χ2n) is 6.35. The molecule has 1 saturated heterocycles. The molecule has 7 nitrogen and oxygen atoms in total. The SMILES string of the molecule is CN(C)C1CCN(C(=O)NCCc2nc(-c3ccc(Cl)cc3)no2)C1. The van der Waals surface area contributed by atoms with Gasteiger partial charge in [-0.15, -0.1) is 0 Å². The standard InChI is InChI=1S/C17H22ClN5O2/c1-22(2)14-8-10-23(11-14)17(24)19-9-7-15-20-16(21-25-15)12-3-5-13(18)6-4-12/h3-6,14H,7-11H2,1-2H3,(H,19,24). The molecule has 25 heavy (non-hydrogen) atoms. The molecule has 2 amide bonds. The Kier molecular flexibility index (Phi) is 5.55. The van der Waals surface area contributed by atoms with Crippen LogP contribution in [0.5, 0.6) is 0 Å². The molecule has 1 aliphatic rings. The maximum atomic E-state index is 12.2. The summed E-state index contributed by atoms with van der Waals surface area (Å²) in [6, 6.07) is 7.64. The van der Waals surface area contributed by atoms with E-state index in [9.17, 15) is 4.79 Å². The summed E-state index contributed by atoms with van der Waals surface area (Å²) in [5.74, 6) is 1.02. The lowest BCUT2D eigenvalue weighted by Gasteiger charge is -2.20. The molecule has 1 N–H and O–H groups in total. The Balaban J connectivity index is 1.46. The van der Waals surface area contributed by atoms with Crippen LogP contribution in [0.15, 0.2) is 28.8 Å². The third-order valence-electron chi connectivity index (χ3n) is 4.37. The topological polar surface area (TPSA) is 74.5 Å². The van der Waals surface area contributed by atoms with Crippen molar-refractivity contribution < 1.29 is 9.32 Å². The molecule has 1 fully saturated rings. The predicted octanol–water partition coefficient (Wildman–Crippen LogP) is 2.28. The Bertz CT molecular complexity index is 716. The largest absolute Gasteiger partial charge is 0.339 e.